The molecule has 2 heterocycles. The zero-order valence-corrected chi connectivity index (χ0v) is 16.3. The first kappa shape index (κ1) is 20.0. The number of hydrogen-bond donors (Lipinski definition) is 0. The first-order chi connectivity index (χ1) is 11.9. The van der Waals surface area contributed by atoms with Crippen LogP contribution in [0.3, 0.4) is 0 Å². The molecule has 0 spiro atoms. The maximum absolute atomic E-state index is 12.5. The van der Waals surface area contributed by atoms with Gasteiger partial charge in [-0.1, -0.05) is 37.0 Å². The molecule has 2 unspecified atom stereocenters. The third-order valence-corrected chi connectivity index (χ3v) is 4.79. The molecule has 0 saturated carbocycles. The molecule has 2 atom stereocenters. The summed E-state index contributed by atoms with van der Waals surface area (Å²) in [6, 6.07) is 0.158. The van der Waals surface area contributed by atoms with Crippen LogP contribution < -0.4 is 0 Å². The minimum Gasteiger partial charge on any atom is -0.444 e. The summed E-state index contributed by atoms with van der Waals surface area (Å²) >= 11 is 0. The number of ether oxygens (including phenoxy) is 2. The average Bonchev–Trinajstić information content (AvgIpc) is 2.51. The van der Waals surface area contributed by atoms with Crippen LogP contribution in [0.25, 0.3) is 0 Å². The third-order valence-electron chi connectivity index (χ3n) is 4.79. The summed E-state index contributed by atoms with van der Waals surface area (Å²) in [5.41, 5.74) is 1.03. The topological polar surface area (TPSA) is 38.8 Å². The lowest BCUT2D eigenvalue weighted by molar-refractivity contribution is -0.0538. The van der Waals surface area contributed by atoms with Gasteiger partial charge >= 0.3 is 6.09 Å². The van der Waals surface area contributed by atoms with Crippen LogP contribution in [0.5, 0.6) is 0 Å². The standard InChI is InChI=1S/C21H35NO3/c1-5-6-7-8-9-10-11-12-17-13-18-15-24-16-19(14-17)22(18)20(23)25-21(2,3)4/h5,13,18-19H,1,6-12,14-16H2,2-4H3. The molecule has 4 nitrogen and oxygen atoms in total. The fraction of sp³-hybridized carbons (Fsp3) is 0.762. The highest BCUT2D eigenvalue weighted by Crippen LogP contribution is 2.31. The van der Waals surface area contributed by atoms with Gasteiger partial charge in [-0.15, -0.1) is 6.58 Å². The van der Waals surface area contributed by atoms with Crippen LogP contribution in [-0.4, -0.2) is 41.9 Å². The number of carbonyl (C=O) groups excluding carboxylic acids is 1. The van der Waals surface area contributed by atoms with Gasteiger partial charge in [0.25, 0.3) is 0 Å². The number of unbranched alkanes of at least 4 members (excludes halogenated alkanes) is 5. The largest absolute Gasteiger partial charge is 0.444 e. The Bertz CT molecular complexity index is 478. The minimum atomic E-state index is -0.457. The van der Waals surface area contributed by atoms with Crippen molar-refractivity contribution in [3.05, 3.63) is 24.3 Å². The van der Waals surface area contributed by atoms with Crippen molar-refractivity contribution in [2.75, 3.05) is 13.2 Å². The predicted octanol–water partition coefficient (Wildman–Crippen LogP) is 5.24. The molecule has 4 heteroatoms. The second-order valence-corrected chi connectivity index (χ2v) is 8.27. The lowest BCUT2D eigenvalue weighted by Crippen LogP contribution is -2.57. The van der Waals surface area contributed by atoms with Crippen LogP contribution in [0, 0.1) is 0 Å². The highest BCUT2D eigenvalue weighted by atomic mass is 16.6. The molecule has 1 fully saturated rings. The summed E-state index contributed by atoms with van der Waals surface area (Å²) in [5.74, 6) is 0. The van der Waals surface area contributed by atoms with Gasteiger partial charge in [-0.25, -0.2) is 4.79 Å². The highest BCUT2D eigenvalue weighted by molar-refractivity contribution is 5.70. The SMILES string of the molecule is C=CCCCCCCCC1=CC2COCC(C1)N2C(=O)OC(C)(C)C. The summed E-state index contributed by atoms with van der Waals surface area (Å²) in [5, 5.41) is 0. The normalized spacial score (nSPS) is 23.2. The van der Waals surface area contributed by atoms with Crippen molar-refractivity contribution in [1.29, 1.82) is 0 Å². The molecule has 0 aromatic carbocycles. The Hall–Kier alpha value is -1.29. The van der Waals surface area contributed by atoms with E-state index in [1.54, 1.807) is 0 Å². The second kappa shape index (κ2) is 9.42. The van der Waals surface area contributed by atoms with Gasteiger partial charge in [-0.05, 0) is 52.9 Å². The molecule has 0 aromatic rings. The van der Waals surface area contributed by atoms with Crippen LogP contribution >= 0.6 is 0 Å². The van der Waals surface area contributed by atoms with Crippen molar-refractivity contribution >= 4 is 6.09 Å². The van der Waals surface area contributed by atoms with Gasteiger partial charge < -0.3 is 9.47 Å². The molecule has 1 saturated heterocycles. The van der Waals surface area contributed by atoms with E-state index in [1.807, 2.05) is 31.7 Å². The molecule has 2 bridgehead atoms. The monoisotopic (exact) mass is 349 g/mol. The van der Waals surface area contributed by atoms with Gasteiger partial charge in [0.2, 0.25) is 0 Å². The molecule has 2 aliphatic heterocycles. The number of rotatable bonds is 8. The lowest BCUT2D eigenvalue weighted by atomic mass is 9.91. The molecule has 0 aliphatic carbocycles. The van der Waals surface area contributed by atoms with Crippen LogP contribution in [0.15, 0.2) is 24.3 Å². The summed E-state index contributed by atoms with van der Waals surface area (Å²) in [6.07, 6.45) is 13.7. The van der Waals surface area contributed by atoms with E-state index in [9.17, 15) is 4.79 Å². The fourth-order valence-corrected chi connectivity index (χ4v) is 3.64. The van der Waals surface area contributed by atoms with E-state index >= 15 is 0 Å². The van der Waals surface area contributed by atoms with Gasteiger partial charge in [0.1, 0.15) is 5.60 Å². The molecule has 25 heavy (non-hydrogen) atoms. The van der Waals surface area contributed by atoms with Gasteiger partial charge in [0, 0.05) is 0 Å². The number of hydrogen-bond acceptors (Lipinski definition) is 3. The number of morpholine rings is 1. The van der Waals surface area contributed by atoms with Crippen LogP contribution in [-0.2, 0) is 9.47 Å². The molecular formula is C21H35NO3. The number of nitrogens with zero attached hydrogens (tertiary/aromatic N) is 1. The highest BCUT2D eigenvalue weighted by Gasteiger charge is 2.39. The Labute approximate surface area is 153 Å². The minimum absolute atomic E-state index is 0.0324. The van der Waals surface area contributed by atoms with E-state index in [1.165, 1.54) is 37.7 Å². The van der Waals surface area contributed by atoms with E-state index in [0.29, 0.717) is 13.2 Å². The molecule has 142 valence electrons. The Balaban J connectivity index is 1.82. The van der Waals surface area contributed by atoms with Crippen LogP contribution in [0.1, 0.15) is 72.1 Å². The molecule has 0 N–H and O–H groups in total. The average molecular weight is 350 g/mol. The van der Waals surface area contributed by atoms with Crippen molar-refractivity contribution in [3.63, 3.8) is 0 Å². The Morgan fingerprint density at radius 3 is 2.68 bits per heavy atom. The molecule has 0 aromatic heterocycles. The Kier molecular flexibility index (Phi) is 7.55. The summed E-state index contributed by atoms with van der Waals surface area (Å²) in [7, 11) is 0. The Morgan fingerprint density at radius 1 is 1.28 bits per heavy atom. The maximum Gasteiger partial charge on any atom is 0.411 e. The quantitative estimate of drug-likeness (QED) is 0.444. The van der Waals surface area contributed by atoms with E-state index < -0.39 is 5.60 Å². The van der Waals surface area contributed by atoms with E-state index in [0.717, 1.165) is 19.3 Å². The molecule has 0 radical (unpaired) electrons. The van der Waals surface area contributed by atoms with Crippen LogP contribution in [0.2, 0.25) is 0 Å². The van der Waals surface area contributed by atoms with Crippen molar-refractivity contribution in [2.45, 2.75) is 89.8 Å². The zero-order chi connectivity index (χ0) is 18.3. The van der Waals surface area contributed by atoms with E-state index in [2.05, 4.69) is 12.7 Å². The van der Waals surface area contributed by atoms with Crippen molar-refractivity contribution in [2.24, 2.45) is 0 Å². The van der Waals surface area contributed by atoms with Crippen LogP contribution in [0.4, 0.5) is 4.79 Å². The Morgan fingerprint density at radius 2 is 2.00 bits per heavy atom. The van der Waals surface area contributed by atoms with Gasteiger partial charge in [0.15, 0.2) is 0 Å². The van der Waals surface area contributed by atoms with Gasteiger partial charge in [0.05, 0.1) is 25.3 Å². The smallest absolute Gasteiger partial charge is 0.411 e. The number of fused-ring (bicyclic) bond motifs is 2. The van der Waals surface area contributed by atoms with Crippen molar-refractivity contribution in [3.8, 4) is 0 Å². The number of allylic oxidation sites excluding steroid dienone is 1. The summed E-state index contributed by atoms with van der Waals surface area (Å²) in [4.78, 5) is 14.4. The second-order valence-electron chi connectivity index (χ2n) is 8.27. The van der Waals surface area contributed by atoms with Crippen molar-refractivity contribution in [1.82, 2.24) is 4.90 Å². The number of carbonyl (C=O) groups is 1. The fourth-order valence-electron chi connectivity index (χ4n) is 3.64. The molecule has 2 rings (SSSR count). The van der Waals surface area contributed by atoms with Crippen molar-refractivity contribution < 1.29 is 14.3 Å². The lowest BCUT2D eigenvalue weighted by Gasteiger charge is -2.44. The molecular weight excluding hydrogens is 314 g/mol. The number of amides is 1. The maximum atomic E-state index is 12.5. The summed E-state index contributed by atoms with van der Waals surface area (Å²) in [6.45, 7) is 10.7. The first-order valence-electron chi connectivity index (χ1n) is 9.80. The predicted molar refractivity (Wildman–Crippen MR) is 102 cm³/mol. The van der Waals surface area contributed by atoms with E-state index in [-0.39, 0.29) is 18.2 Å². The molecule has 2 aliphatic rings. The third kappa shape index (κ3) is 6.50. The van der Waals surface area contributed by atoms with Gasteiger partial charge in [-0.3, -0.25) is 4.90 Å². The first-order valence-corrected chi connectivity index (χ1v) is 9.80. The zero-order valence-electron chi connectivity index (χ0n) is 16.3. The van der Waals surface area contributed by atoms with E-state index in [4.69, 9.17) is 9.47 Å². The molecule has 1 amide bonds. The summed E-state index contributed by atoms with van der Waals surface area (Å²) < 4.78 is 11.3. The van der Waals surface area contributed by atoms with Gasteiger partial charge in [-0.2, -0.15) is 0 Å².